The number of hydrogen-bond donors (Lipinski definition) is 1. The Hall–Kier alpha value is -1.68. The Bertz CT molecular complexity index is 561. The Kier molecular flexibility index (Phi) is 4.32. The normalized spacial score (nSPS) is 10.9. The molecule has 0 aliphatic carbocycles. The van der Waals surface area contributed by atoms with Crippen LogP contribution in [0.3, 0.4) is 0 Å². The molecular formula is C15H20FN3. The molecule has 3 nitrogen and oxygen atoms in total. The highest BCUT2D eigenvalue weighted by Crippen LogP contribution is 2.27. The molecule has 0 saturated carbocycles. The highest BCUT2D eigenvalue weighted by atomic mass is 19.1. The molecule has 0 aliphatic heterocycles. The van der Waals surface area contributed by atoms with Crippen LogP contribution < -0.4 is 5.32 Å². The van der Waals surface area contributed by atoms with Gasteiger partial charge in [0.1, 0.15) is 5.82 Å². The molecule has 102 valence electrons. The van der Waals surface area contributed by atoms with Crippen LogP contribution in [0.2, 0.25) is 0 Å². The third-order valence-corrected chi connectivity index (χ3v) is 3.33. The second kappa shape index (κ2) is 5.97. The van der Waals surface area contributed by atoms with Crippen molar-refractivity contribution in [3.63, 3.8) is 0 Å². The van der Waals surface area contributed by atoms with E-state index in [4.69, 9.17) is 0 Å². The average molecular weight is 261 g/mol. The Balaban J connectivity index is 2.36. The average Bonchev–Trinajstić information content (AvgIpc) is 2.71. The lowest BCUT2D eigenvalue weighted by molar-refractivity contribution is 0.619. The predicted molar refractivity (Wildman–Crippen MR) is 75.3 cm³/mol. The van der Waals surface area contributed by atoms with Crippen LogP contribution in [-0.4, -0.2) is 16.3 Å². The van der Waals surface area contributed by atoms with Gasteiger partial charge in [0.15, 0.2) is 0 Å². The number of halogens is 1. The van der Waals surface area contributed by atoms with E-state index < -0.39 is 0 Å². The summed E-state index contributed by atoms with van der Waals surface area (Å²) >= 11 is 0. The molecule has 0 radical (unpaired) electrons. The molecule has 2 rings (SSSR count). The minimum Gasteiger partial charge on any atom is -0.313 e. The smallest absolute Gasteiger partial charge is 0.123 e. The number of nitrogens with one attached hydrogen (secondary N) is 1. The molecule has 0 fully saturated rings. The van der Waals surface area contributed by atoms with Crippen LogP contribution in [0, 0.1) is 12.7 Å². The molecule has 1 N–H and O–H groups in total. The van der Waals surface area contributed by atoms with Crippen molar-refractivity contribution in [1.82, 2.24) is 15.1 Å². The molecule has 1 heterocycles. The first kappa shape index (κ1) is 13.7. The van der Waals surface area contributed by atoms with E-state index in [2.05, 4.69) is 17.3 Å². The van der Waals surface area contributed by atoms with Crippen LogP contribution in [-0.2, 0) is 13.6 Å². The molecule has 2 aromatic rings. The third kappa shape index (κ3) is 3.01. The Morgan fingerprint density at radius 1 is 1.32 bits per heavy atom. The maximum atomic E-state index is 13.4. The van der Waals surface area contributed by atoms with Crippen molar-refractivity contribution in [3.05, 3.63) is 41.5 Å². The molecule has 0 atom stereocenters. The summed E-state index contributed by atoms with van der Waals surface area (Å²) in [4.78, 5) is 0. The molecule has 19 heavy (non-hydrogen) atoms. The first-order valence-electron chi connectivity index (χ1n) is 6.61. The largest absolute Gasteiger partial charge is 0.313 e. The monoisotopic (exact) mass is 261 g/mol. The van der Waals surface area contributed by atoms with Gasteiger partial charge >= 0.3 is 0 Å². The summed E-state index contributed by atoms with van der Waals surface area (Å²) in [7, 11) is 1.91. The predicted octanol–water partition coefficient (Wildman–Crippen LogP) is 3.03. The lowest BCUT2D eigenvalue weighted by Crippen LogP contribution is -2.14. The van der Waals surface area contributed by atoms with Gasteiger partial charge in [-0.25, -0.2) is 4.39 Å². The Morgan fingerprint density at radius 2 is 2.11 bits per heavy atom. The van der Waals surface area contributed by atoms with Gasteiger partial charge in [-0.1, -0.05) is 13.0 Å². The van der Waals surface area contributed by atoms with Gasteiger partial charge in [0.05, 0.1) is 6.20 Å². The van der Waals surface area contributed by atoms with Gasteiger partial charge in [-0.2, -0.15) is 5.10 Å². The minimum atomic E-state index is -0.196. The quantitative estimate of drug-likeness (QED) is 0.838. The topological polar surface area (TPSA) is 29.9 Å². The zero-order valence-corrected chi connectivity index (χ0v) is 11.7. The third-order valence-electron chi connectivity index (χ3n) is 3.33. The van der Waals surface area contributed by atoms with Crippen molar-refractivity contribution in [2.24, 2.45) is 7.05 Å². The molecule has 0 spiro atoms. The molecular weight excluding hydrogens is 241 g/mol. The fraction of sp³-hybridized carbons (Fsp3) is 0.400. The van der Waals surface area contributed by atoms with E-state index in [1.165, 1.54) is 6.07 Å². The summed E-state index contributed by atoms with van der Waals surface area (Å²) in [6, 6.07) is 4.94. The number of hydrogen-bond acceptors (Lipinski definition) is 2. The minimum absolute atomic E-state index is 0.196. The Morgan fingerprint density at radius 3 is 2.74 bits per heavy atom. The lowest BCUT2D eigenvalue weighted by Gasteiger charge is -2.10. The SMILES string of the molecule is CCCNCc1cc(F)ccc1-c1cnn(C)c1C. The molecule has 0 bridgehead atoms. The van der Waals surface area contributed by atoms with Crippen LogP contribution in [0.5, 0.6) is 0 Å². The fourth-order valence-corrected chi connectivity index (χ4v) is 2.13. The van der Waals surface area contributed by atoms with Crippen LogP contribution in [0.4, 0.5) is 4.39 Å². The van der Waals surface area contributed by atoms with E-state index in [0.717, 1.165) is 35.3 Å². The second-order valence-electron chi connectivity index (χ2n) is 4.75. The molecule has 0 aliphatic rings. The first-order valence-corrected chi connectivity index (χ1v) is 6.61. The van der Waals surface area contributed by atoms with Crippen molar-refractivity contribution < 1.29 is 4.39 Å². The second-order valence-corrected chi connectivity index (χ2v) is 4.75. The van der Waals surface area contributed by atoms with Gasteiger partial charge in [0, 0.05) is 24.8 Å². The summed E-state index contributed by atoms with van der Waals surface area (Å²) in [6.07, 6.45) is 2.91. The van der Waals surface area contributed by atoms with E-state index in [9.17, 15) is 4.39 Å². The fourth-order valence-electron chi connectivity index (χ4n) is 2.13. The molecule has 0 saturated heterocycles. The van der Waals surface area contributed by atoms with Gasteiger partial charge in [0.25, 0.3) is 0 Å². The number of benzene rings is 1. The van der Waals surface area contributed by atoms with E-state index in [0.29, 0.717) is 6.54 Å². The van der Waals surface area contributed by atoms with Crippen molar-refractivity contribution >= 4 is 0 Å². The van der Waals surface area contributed by atoms with Crippen LogP contribution in [0.15, 0.2) is 24.4 Å². The lowest BCUT2D eigenvalue weighted by atomic mass is 10.00. The molecule has 0 amide bonds. The highest BCUT2D eigenvalue weighted by molar-refractivity contribution is 5.68. The van der Waals surface area contributed by atoms with Gasteiger partial charge < -0.3 is 5.32 Å². The van der Waals surface area contributed by atoms with Gasteiger partial charge in [-0.05, 0) is 43.1 Å². The van der Waals surface area contributed by atoms with Crippen LogP contribution >= 0.6 is 0 Å². The van der Waals surface area contributed by atoms with Crippen molar-refractivity contribution in [2.45, 2.75) is 26.8 Å². The zero-order valence-electron chi connectivity index (χ0n) is 11.7. The summed E-state index contributed by atoms with van der Waals surface area (Å²) in [6.45, 7) is 5.75. The number of rotatable bonds is 5. The Labute approximate surface area is 113 Å². The van der Waals surface area contributed by atoms with E-state index in [1.807, 2.05) is 30.9 Å². The van der Waals surface area contributed by atoms with Crippen molar-refractivity contribution in [2.75, 3.05) is 6.54 Å². The van der Waals surface area contributed by atoms with E-state index in [1.54, 1.807) is 6.07 Å². The molecule has 1 aromatic heterocycles. The summed E-state index contributed by atoms with van der Waals surface area (Å²) < 4.78 is 15.3. The van der Waals surface area contributed by atoms with E-state index >= 15 is 0 Å². The number of aromatic nitrogens is 2. The van der Waals surface area contributed by atoms with E-state index in [-0.39, 0.29) is 5.82 Å². The first-order chi connectivity index (χ1) is 9.13. The van der Waals surface area contributed by atoms with Crippen molar-refractivity contribution in [1.29, 1.82) is 0 Å². The van der Waals surface area contributed by atoms with Crippen molar-refractivity contribution in [3.8, 4) is 11.1 Å². The van der Waals surface area contributed by atoms with Gasteiger partial charge in [-0.3, -0.25) is 4.68 Å². The standard InChI is InChI=1S/C15H20FN3/c1-4-7-17-9-12-8-13(16)5-6-14(12)15-10-18-19(3)11(15)2/h5-6,8,10,17H,4,7,9H2,1-3H3. The molecule has 0 unspecified atom stereocenters. The molecule has 1 aromatic carbocycles. The number of nitrogens with zero attached hydrogens (tertiary/aromatic N) is 2. The number of aryl methyl sites for hydroxylation is 1. The van der Waals surface area contributed by atoms with Gasteiger partial charge in [0.2, 0.25) is 0 Å². The maximum Gasteiger partial charge on any atom is 0.123 e. The molecule has 4 heteroatoms. The van der Waals surface area contributed by atoms with Gasteiger partial charge in [-0.15, -0.1) is 0 Å². The van der Waals surface area contributed by atoms with Crippen LogP contribution in [0.1, 0.15) is 24.6 Å². The summed E-state index contributed by atoms with van der Waals surface area (Å²) in [5.74, 6) is -0.196. The van der Waals surface area contributed by atoms with Crippen LogP contribution in [0.25, 0.3) is 11.1 Å². The zero-order chi connectivity index (χ0) is 13.8. The maximum absolute atomic E-state index is 13.4. The highest BCUT2D eigenvalue weighted by Gasteiger charge is 2.11. The summed E-state index contributed by atoms with van der Waals surface area (Å²) in [5, 5.41) is 7.58. The summed E-state index contributed by atoms with van der Waals surface area (Å²) in [5.41, 5.74) is 4.18.